The van der Waals surface area contributed by atoms with Gasteiger partial charge in [0.2, 0.25) is 11.8 Å². The molecule has 16 heavy (non-hydrogen) atoms. The summed E-state index contributed by atoms with van der Waals surface area (Å²) in [5.41, 5.74) is 10.9. The van der Waals surface area contributed by atoms with Gasteiger partial charge in [-0.25, -0.2) is 0 Å². The smallest absolute Gasteiger partial charge is 0.224 e. The molecule has 90 valence electrons. The predicted octanol–water partition coefficient (Wildman–Crippen LogP) is -0.506. The van der Waals surface area contributed by atoms with Crippen molar-refractivity contribution in [3.63, 3.8) is 0 Å². The van der Waals surface area contributed by atoms with Crippen LogP contribution in [0.4, 0.5) is 0 Å². The third-order valence-electron chi connectivity index (χ3n) is 3.65. The van der Waals surface area contributed by atoms with E-state index in [2.05, 4.69) is 5.32 Å². The van der Waals surface area contributed by atoms with Gasteiger partial charge in [0.15, 0.2) is 0 Å². The van der Waals surface area contributed by atoms with Crippen LogP contribution in [0.25, 0.3) is 0 Å². The molecule has 5 N–H and O–H groups in total. The van der Waals surface area contributed by atoms with Crippen molar-refractivity contribution in [2.24, 2.45) is 23.3 Å². The molecule has 0 aromatic carbocycles. The van der Waals surface area contributed by atoms with Crippen molar-refractivity contribution in [2.75, 3.05) is 0 Å². The Hall–Kier alpha value is -1.10. The Kier molecular flexibility index (Phi) is 3.14. The fourth-order valence-corrected chi connectivity index (χ4v) is 2.35. The summed E-state index contributed by atoms with van der Waals surface area (Å²) in [5, 5.41) is 3.00. The molecule has 0 heterocycles. The number of carbonyl (C=O) groups excluding carboxylic acids is 2. The molecule has 0 spiro atoms. The lowest BCUT2D eigenvalue weighted by Crippen LogP contribution is -2.41. The quantitative estimate of drug-likeness (QED) is 0.603. The first-order chi connectivity index (χ1) is 7.58. The van der Waals surface area contributed by atoms with Gasteiger partial charge in [-0.05, 0) is 32.1 Å². The van der Waals surface area contributed by atoms with Gasteiger partial charge >= 0.3 is 0 Å². The van der Waals surface area contributed by atoms with E-state index in [1.165, 1.54) is 0 Å². The van der Waals surface area contributed by atoms with Crippen molar-refractivity contribution in [3.05, 3.63) is 0 Å². The van der Waals surface area contributed by atoms with Crippen molar-refractivity contribution in [1.82, 2.24) is 5.32 Å². The van der Waals surface area contributed by atoms with Crippen LogP contribution < -0.4 is 16.8 Å². The zero-order valence-electron chi connectivity index (χ0n) is 9.32. The molecule has 0 radical (unpaired) electrons. The summed E-state index contributed by atoms with van der Waals surface area (Å²) in [4.78, 5) is 22.6. The maximum absolute atomic E-state index is 11.6. The summed E-state index contributed by atoms with van der Waals surface area (Å²) < 4.78 is 0. The average Bonchev–Trinajstić information content (AvgIpc) is 2.96. The lowest BCUT2D eigenvalue weighted by molar-refractivity contribution is -0.123. The molecule has 5 heteroatoms. The van der Waals surface area contributed by atoms with Crippen LogP contribution in [0.3, 0.4) is 0 Å². The molecule has 0 saturated heterocycles. The zero-order chi connectivity index (χ0) is 11.7. The minimum absolute atomic E-state index is 0.00339. The van der Waals surface area contributed by atoms with Gasteiger partial charge in [-0.1, -0.05) is 0 Å². The van der Waals surface area contributed by atoms with Gasteiger partial charge in [0, 0.05) is 18.0 Å². The molecule has 2 atom stereocenters. The molecule has 0 aromatic rings. The maximum Gasteiger partial charge on any atom is 0.224 e. The minimum Gasteiger partial charge on any atom is -0.369 e. The Morgan fingerprint density at radius 1 is 1.12 bits per heavy atom. The molecule has 2 rings (SSSR count). The lowest BCUT2D eigenvalue weighted by atomic mass is 9.85. The zero-order valence-corrected chi connectivity index (χ0v) is 9.32. The van der Waals surface area contributed by atoms with E-state index in [0.29, 0.717) is 0 Å². The molecule has 2 aliphatic rings. The van der Waals surface area contributed by atoms with Crippen molar-refractivity contribution in [3.8, 4) is 0 Å². The predicted molar refractivity (Wildman–Crippen MR) is 59.2 cm³/mol. The lowest BCUT2D eigenvalue weighted by Gasteiger charge is -2.27. The van der Waals surface area contributed by atoms with Crippen LogP contribution in [0, 0.1) is 11.8 Å². The van der Waals surface area contributed by atoms with E-state index in [4.69, 9.17) is 11.5 Å². The highest BCUT2D eigenvalue weighted by molar-refractivity contribution is 5.82. The molecule has 0 bridgehead atoms. The minimum atomic E-state index is -0.214. The van der Waals surface area contributed by atoms with Gasteiger partial charge in [0.1, 0.15) is 0 Å². The molecule has 2 fully saturated rings. The molecule has 2 aliphatic carbocycles. The number of nitrogens with one attached hydrogen (secondary N) is 1. The molecular formula is C11H19N3O2. The Labute approximate surface area is 94.9 Å². The van der Waals surface area contributed by atoms with E-state index in [9.17, 15) is 9.59 Å². The SMILES string of the molecule is NC(=O)C1CCC(NC(=O)C2CC2N)CC1. The number of amides is 2. The fourth-order valence-electron chi connectivity index (χ4n) is 2.35. The van der Waals surface area contributed by atoms with E-state index >= 15 is 0 Å². The van der Waals surface area contributed by atoms with Crippen LogP contribution in [-0.4, -0.2) is 23.9 Å². The Bertz CT molecular complexity index is 298. The Morgan fingerprint density at radius 3 is 2.12 bits per heavy atom. The van der Waals surface area contributed by atoms with E-state index in [1.54, 1.807) is 0 Å². The molecule has 2 saturated carbocycles. The topological polar surface area (TPSA) is 98.2 Å². The molecular weight excluding hydrogens is 206 g/mol. The first-order valence-corrected chi connectivity index (χ1v) is 5.93. The molecule has 0 aromatic heterocycles. The van der Waals surface area contributed by atoms with Crippen molar-refractivity contribution in [1.29, 1.82) is 0 Å². The first kappa shape index (κ1) is 11.4. The first-order valence-electron chi connectivity index (χ1n) is 5.93. The summed E-state index contributed by atoms with van der Waals surface area (Å²) in [5.74, 6) is -0.116. The van der Waals surface area contributed by atoms with Crippen LogP contribution in [0.2, 0.25) is 0 Å². The number of rotatable bonds is 3. The van der Waals surface area contributed by atoms with E-state index in [-0.39, 0.29) is 35.7 Å². The van der Waals surface area contributed by atoms with E-state index in [1.807, 2.05) is 0 Å². The fraction of sp³-hybridized carbons (Fsp3) is 0.818. The monoisotopic (exact) mass is 225 g/mol. The number of hydrogen-bond acceptors (Lipinski definition) is 3. The van der Waals surface area contributed by atoms with Crippen molar-refractivity contribution >= 4 is 11.8 Å². The van der Waals surface area contributed by atoms with Gasteiger partial charge in [-0.2, -0.15) is 0 Å². The maximum atomic E-state index is 11.6. The third kappa shape index (κ3) is 2.52. The average molecular weight is 225 g/mol. The molecule has 5 nitrogen and oxygen atoms in total. The van der Waals surface area contributed by atoms with Gasteiger partial charge in [-0.3, -0.25) is 9.59 Å². The highest BCUT2D eigenvalue weighted by atomic mass is 16.2. The Balaban J connectivity index is 1.73. The van der Waals surface area contributed by atoms with E-state index in [0.717, 1.165) is 32.1 Å². The standard InChI is InChI=1S/C11H19N3O2/c12-9-5-8(9)11(16)14-7-3-1-6(2-4-7)10(13)15/h6-9H,1-5,12H2,(H2,13,15)(H,14,16). The number of hydrogen-bond donors (Lipinski definition) is 3. The normalized spacial score (nSPS) is 37.8. The largest absolute Gasteiger partial charge is 0.369 e. The van der Waals surface area contributed by atoms with Gasteiger partial charge in [0.25, 0.3) is 0 Å². The second-order valence-electron chi connectivity index (χ2n) is 4.97. The van der Waals surface area contributed by atoms with Crippen LogP contribution >= 0.6 is 0 Å². The van der Waals surface area contributed by atoms with Gasteiger partial charge in [0.05, 0.1) is 5.92 Å². The highest BCUT2D eigenvalue weighted by Gasteiger charge is 2.40. The van der Waals surface area contributed by atoms with Crippen LogP contribution in [0.1, 0.15) is 32.1 Å². The summed E-state index contributed by atoms with van der Waals surface area (Å²) in [6.07, 6.45) is 4.08. The number of carbonyl (C=O) groups is 2. The Morgan fingerprint density at radius 2 is 1.69 bits per heavy atom. The van der Waals surface area contributed by atoms with Crippen LogP contribution in [0.15, 0.2) is 0 Å². The van der Waals surface area contributed by atoms with Crippen LogP contribution in [0.5, 0.6) is 0 Å². The number of nitrogens with two attached hydrogens (primary N) is 2. The van der Waals surface area contributed by atoms with Gasteiger partial charge < -0.3 is 16.8 Å². The molecule has 2 amide bonds. The second kappa shape index (κ2) is 4.41. The summed E-state index contributed by atoms with van der Waals surface area (Å²) in [6.45, 7) is 0. The number of primary amides is 1. The van der Waals surface area contributed by atoms with E-state index < -0.39 is 0 Å². The third-order valence-corrected chi connectivity index (χ3v) is 3.65. The second-order valence-corrected chi connectivity index (χ2v) is 4.97. The van der Waals surface area contributed by atoms with Crippen LogP contribution in [-0.2, 0) is 9.59 Å². The molecule has 2 unspecified atom stereocenters. The van der Waals surface area contributed by atoms with Gasteiger partial charge in [-0.15, -0.1) is 0 Å². The van der Waals surface area contributed by atoms with Crippen molar-refractivity contribution < 1.29 is 9.59 Å². The summed E-state index contributed by atoms with van der Waals surface area (Å²) in [7, 11) is 0. The summed E-state index contributed by atoms with van der Waals surface area (Å²) in [6, 6.07) is 0.262. The highest BCUT2D eigenvalue weighted by Crippen LogP contribution is 2.29. The summed E-state index contributed by atoms with van der Waals surface area (Å²) >= 11 is 0. The van der Waals surface area contributed by atoms with Crippen molar-refractivity contribution in [2.45, 2.75) is 44.2 Å². The molecule has 0 aliphatic heterocycles.